The van der Waals surface area contributed by atoms with Crippen molar-refractivity contribution in [3.05, 3.63) is 10.6 Å². The molecule has 0 saturated carbocycles. The van der Waals surface area contributed by atoms with Crippen molar-refractivity contribution in [2.45, 2.75) is 45.7 Å². The van der Waals surface area contributed by atoms with Crippen LogP contribution in [-0.4, -0.2) is 46.0 Å². The Labute approximate surface area is 112 Å². The molecule has 0 N–H and O–H groups in total. The summed E-state index contributed by atoms with van der Waals surface area (Å²) in [6, 6.07) is 0.733. The number of carbonyl (C=O) groups is 1. The highest BCUT2D eigenvalue weighted by Crippen LogP contribution is 2.39. The maximum absolute atomic E-state index is 12.7. The van der Waals surface area contributed by atoms with Crippen LogP contribution in [0, 0.1) is 0 Å². The number of allylic oxidation sites excluding steroid dienone is 1. The Balaban J connectivity index is 1.85. The smallest absolute Gasteiger partial charge is 0.262 e. The van der Waals surface area contributed by atoms with Crippen LogP contribution in [0.25, 0.3) is 0 Å². The normalized spacial score (nSPS) is 31.2. The summed E-state index contributed by atoms with van der Waals surface area (Å²) in [5, 5.41) is 1.01. The number of nitrogens with zero attached hydrogens (tertiary/aromatic N) is 3. The fourth-order valence-electron chi connectivity index (χ4n) is 3.02. The van der Waals surface area contributed by atoms with Gasteiger partial charge in [-0.3, -0.25) is 9.79 Å². The minimum absolute atomic E-state index is 0.201. The molecule has 3 heterocycles. The van der Waals surface area contributed by atoms with Crippen molar-refractivity contribution in [2.75, 3.05) is 13.1 Å². The van der Waals surface area contributed by atoms with Gasteiger partial charge in [-0.05, 0) is 45.4 Å². The van der Waals surface area contributed by atoms with Crippen LogP contribution in [0.15, 0.2) is 15.6 Å². The Morgan fingerprint density at radius 2 is 2.00 bits per heavy atom. The Morgan fingerprint density at radius 1 is 1.33 bits per heavy atom. The lowest BCUT2D eigenvalue weighted by Gasteiger charge is -2.26. The van der Waals surface area contributed by atoms with Crippen molar-refractivity contribution >= 4 is 22.8 Å². The first-order valence-corrected chi connectivity index (χ1v) is 7.44. The number of hydrogen-bond donors (Lipinski definition) is 0. The Morgan fingerprint density at radius 3 is 2.61 bits per heavy atom. The SMILES string of the molecule is CC1=C(C(=O)N2C(C)CCC2C)SC2=NCCN21. The molecule has 1 amide bonds. The van der Waals surface area contributed by atoms with Crippen LogP contribution in [-0.2, 0) is 4.79 Å². The number of rotatable bonds is 1. The summed E-state index contributed by atoms with van der Waals surface area (Å²) in [4.78, 5) is 22.2. The number of amidine groups is 1. The van der Waals surface area contributed by atoms with Gasteiger partial charge in [-0.25, -0.2) is 0 Å². The summed E-state index contributed by atoms with van der Waals surface area (Å²) < 4.78 is 0. The van der Waals surface area contributed by atoms with E-state index in [1.165, 1.54) is 0 Å². The number of hydrogen-bond acceptors (Lipinski definition) is 4. The van der Waals surface area contributed by atoms with Crippen molar-refractivity contribution in [1.29, 1.82) is 0 Å². The third-order valence-electron chi connectivity index (χ3n) is 4.11. The molecule has 18 heavy (non-hydrogen) atoms. The highest BCUT2D eigenvalue weighted by molar-refractivity contribution is 8.18. The summed E-state index contributed by atoms with van der Waals surface area (Å²) in [5.74, 6) is 0.201. The third-order valence-corrected chi connectivity index (χ3v) is 5.32. The molecule has 1 fully saturated rings. The van der Waals surface area contributed by atoms with Gasteiger partial charge in [-0.2, -0.15) is 0 Å². The molecule has 2 atom stereocenters. The van der Waals surface area contributed by atoms with Crippen LogP contribution in [0.4, 0.5) is 0 Å². The number of aliphatic imine (C=N–C) groups is 1. The second-order valence-electron chi connectivity index (χ2n) is 5.32. The van der Waals surface area contributed by atoms with Gasteiger partial charge in [-0.15, -0.1) is 0 Å². The lowest BCUT2D eigenvalue weighted by Crippen LogP contribution is -2.39. The van der Waals surface area contributed by atoms with E-state index in [1.807, 2.05) is 6.92 Å². The largest absolute Gasteiger partial charge is 0.333 e. The predicted molar refractivity (Wildman–Crippen MR) is 74.3 cm³/mol. The van der Waals surface area contributed by atoms with Gasteiger partial charge in [0.1, 0.15) is 0 Å². The molecular formula is C13H19N3OS. The van der Waals surface area contributed by atoms with Crippen LogP contribution in [0.1, 0.15) is 33.6 Å². The average Bonchev–Trinajstić information content (AvgIpc) is 2.97. The molecule has 1 saturated heterocycles. The Bertz CT molecular complexity index is 447. The Kier molecular flexibility index (Phi) is 2.88. The molecule has 0 aromatic heterocycles. The standard InChI is InChI=1S/C13H19N3OS/c1-8-4-5-9(2)16(8)12(17)11-10(3)15-7-6-14-13(15)18-11/h8-9H,4-7H2,1-3H3. The molecule has 3 aliphatic rings. The molecule has 98 valence electrons. The minimum atomic E-state index is 0.201. The first-order valence-electron chi connectivity index (χ1n) is 6.63. The van der Waals surface area contributed by atoms with Gasteiger partial charge in [0, 0.05) is 24.3 Å². The van der Waals surface area contributed by atoms with Gasteiger partial charge in [0.25, 0.3) is 5.91 Å². The minimum Gasteiger partial charge on any atom is -0.333 e. The fourth-order valence-corrected chi connectivity index (χ4v) is 4.15. The zero-order valence-corrected chi connectivity index (χ0v) is 12.0. The van der Waals surface area contributed by atoms with E-state index < -0.39 is 0 Å². The highest BCUT2D eigenvalue weighted by atomic mass is 32.2. The summed E-state index contributed by atoms with van der Waals surface area (Å²) in [6.45, 7) is 8.12. The maximum atomic E-state index is 12.7. The van der Waals surface area contributed by atoms with E-state index in [9.17, 15) is 4.79 Å². The molecular weight excluding hydrogens is 246 g/mol. The van der Waals surface area contributed by atoms with Crippen molar-refractivity contribution in [2.24, 2.45) is 4.99 Å². The van der Waals surface area contributed by atoms with E-state index in [2.05, 4.69) is 28.6 Å². The molecule has 4 nitrogen and oxygen atoms in total. The summed E-state index contributed by atoms with van der Waals surface area (Å²) in [7, 11) is 0. The first kappa shape index (κ1) is 12.1. The van der Waals surface area contributed by atoms with Crippen LogP contribution >= 0.6 is 11.8 Å². The maximum Gasteiger partial charge on any atom is 0.262 e. The number of likely N-dealkylation sites (tertiary alicyclic amines) is 1. The zero-order valence-electron chi connectivity index (χ0n) is 11.1. The van der Waals surface area contributed by atoms with E-state index in [0.29, 0.717) is 12.1 Å². The molecule has 0 aromatic carbocycles. The van der Waals surface area contributed by atoms with E-state index >= 15 is 0 Å². The predicted octanol–water partition coefficient (Wildman–Crippen LogP) is 2.04. The van der Waals surface area contributed by atoms with Crippen molar-refractivity contribution in [1.82, 2.24) is 9.80 Å². The average molecular weight is 265 g/mol. The van der Waals surface area contributed by atoms with Crippen LogP contribution in [0.3, 0.4) is 0 Å². The number of carbonyl (C=O) groups excluding carboxylic acids is 1. The molecule has 5 heteroatoms. The summed E-state index contributed by atoms with van der Waals surface area (Å²) in [6.07, 6.45) is 2.24. The third kappa shape index (κ3) is 1.67. The summed E-state index contributed by atoms with van der Waals surface area (Å²) in [5.41, 5.74) is 1.09. The molecule has 0 radical (unpaired) electrons. The fraction of sp³-hybridized carbons (Fsp3) is 0.692. The number of amides is 1. The molecule has 3 aliphatic heterocycles. The number of fused-ring (bicyclic) bond motifs is 1. The quantitative estimate of drug-likeness (QED) is 0.728. The Hall–Kier alpha value is -0.970. The van der Waals surface area contributed by atoms with Crippen molar-refractivity contribution in [3.8, 4) is 0 Å². The van der Waals surface area contributed by atoms with Gasteiger partial charge in [0.05, 0.1) is 11.4 Å². The van der Waals surface area contributed by atoms with Gasteiger partial charge >= 0.3 is 0 Å². The molecule has 0 aliphatic carbocycles. The lowest BCUT2D eigenvalue weighted by atomic mass is 10.2. The van der Waals surface area contributed by atoms with Gasteiger partial charge in [0.2, 0.25) is 0 Å². The van der Waals surface area contributed by atoms with E-state index in [4.69, 9.17) is 0 Å². The second-order valence-corrected chi connectivity index (χ2v) is 6.30. The molecule has 0 bridgehead atoms. The van der Waals surface area contributed by atoms with Crippen LogP contribution in [0.2, 0.25) is 0 Å². The summed E-state index contributed by atoms with van der Waals surface area (Å²) >= 11 is 1.55. The van der Waals surface area contributed by atoms with Gasteiger partial charge in [-0.1, -0.05) is 0 Å². The molecule has 0 aromatic rings. The molecule has 0 spiro atoms. The molecule has 3 rings (SSSR count). The van der Waals surface area contributed by atoms with E-state index in [-0.39, 0.29) is 5.91 Å². The highest BCUT2D eigenvalue weighted by Gasteiger charge is 2.39. The topological polar surface area (TPSA) is 35.9 Å². The van der Waals surface area contributed by atoms with E-state index in [0.717, 1.165) is 41.7 Å². The second kappa shape index (κ2) is 4.30. The van der Waals surface area contributed by atoms with Crippen LogP contribution < -0.4 is 0 Å². The van der Waals surface area contributed by atoms with E-state index in [1.54, 1.807) is 11.8 Å². The van der Waals surface area contributed by atoms with Gasteiger partial charge in [0.15, 0.2) is 5.17 Å². The zero-order chi connectivity index (χ0) is 12.9. The van der Waals surface area contributed by atoms with Gasteiger partial charge < -0.3 is 9.80 Å². The van der Waals surface area contributed by atoms with Crippen molar-refractivity contribution < 1.29 is 4.79 Å². The first-order chi connectivity index (χ1) is 8.59. The van der Waals surface area contributed by atoms with Crippen LogP contribution in [0.5, 0.6) is 0 Å². The number of thioether (sulfide) groups is 1. The van der Waals surface area contributed by atoms with Crippen molar-refractivity contribution in [3.63, 3.8) is 0 Å². The molecule has 2 unspecified atom stereocenters. The monoisotopic (exact) mass is 265 g/mol. The lowest BCUT2D eigenvalue weighted by molar-refractivity contribution is -0.128.